The van der Waals surface area contributed by atoms with E-state index >= 15 is 0 Å². The summed E-state index contributed by atoms with van der Waals surface area (Å²) in [6.45, 7) is 2.20. The van der Waals surface area contributed by atoms with E-state index in [-0.39, 0.29) is 51.1 Å². The van der Waals surface area contributed by atoms with Gasteiger partial charge in [-0.2, -0.15) is 0 Å². The van der Waals surface area contributed by atoms with Crippen LogP contribution in [0.4, 0.5) is 15.8 Å². The summed E-state index contributed by atoms with van der Waals surface area (Å²) in [4.78, 5) is 11.0. The third kappa shape index (κ3) is 4.18. The SMILES string of the molecule is Cc1cc(S(=O)(=O)NC2COC3CC2C3)c(NCC2(c3cccc(F)c3)CCC2)cc1[N+](=O)[O-]. The first-order valence-corrected chi connectivity index (χ1v) is 13.1. The van der Waals surface area contributed by atoms with Crippen LogP contribution in [0.15, 0.2) is 41.3 Å². The van der Waals surface area contributed by atoms with Crippen molar-refractivity contribution in [2.45, 2.75) is 61.5 Å². The number of nitro benzene ring substituents is 1. The maximum absolute atomic E-state index is 13.9. The van der Waals surface area contributed by atoms with Crippen molar-refractivity contribution in [3.05, 3.63) is 63.5 Å². The van der Waals surface area contributed by atoms with Crippen molar-refractivity contribution in [2.75, 3.05) is 18.5 Å². The second-order valence-corrected chi connectivity index (χ2v) is 11.5. The zero-order chi connectivity index (χ0) is 24.1. The Labute approximate surface area is 198 Å². The van der Waals surface area contributed by atoms with Crippen molar-refractivity contribution in [3.63, 3.8) is 0 Å². The average molecular weight is 490 g/mol. The molecule has 2 heterocycles. The summed E-state index contributed by atoms with van der Waals surface area (Å²) in [5.74, 6) is -0.0783. The minimum atomic E-state index is -3.97. The summed E-state index contributed by atoms with van der Waals surface area (Å²) in [5.41, 5.74) is 0.777. The van der Waals surface area contributed by atoms with Gasteiger partial charge in [0.15, 0.2) is 0 Å². The van der Waals surface area contributed by atoms with Gasteiger partial charge in [-0.1, -0.05) is 18.6 Å². The molecule has 4 fully saturated rings. The number of ether oxygens (including phenoxy) is 1. The zero-order valence-electron chi connectivity index (χ0n) is 18.9. The fourth-order valence-corrected chi connectivity index (χ4v) is 6.86. The van der Waals surface area contributed by atoms with Crippen LogP contribution in [0.1, 0.15) is 43.2 Å². The van der Waals surface area contributed by atoms with Crippen molar-refractivity contribution in [3.8, 4) is 0 Å². The van der Waals surface area contributed by atoms with Gasteiger partial charge in [0.2, 0.25) is 10.0 Å². The number of hydrogen-bond acceptors (Lipinski definition) is 6. The summed E-state index contributed by atoms with van der Waals surface area (Å²) in [6.07, 6.45) is 4.52. The lowest BCUT2D eigenvalue weighted by atomic mass is 9.64. The largest absolute Gasteiger partial charge is 0.383 e. The smallest absolute Gasteiger partial charge is 0.274 e. The van der Waals surface area contributed by atoms with Gasteiger partial charge in [0.25, 0.3) is 5.69 Å². The molecule has 2 saturated heterocycles. The Hall–Kier alpha value is -2.56. The first-order valence-electron chi connectivity index (χ1n) is 11.6. The highest BCUT2D eigenvalue weighted by molar-refractivity contribution is 7.89. The lowest BCUT2D eigenvalue weighted by Crippen LogP contribution is -2.55. The van der Waals surface area contributed by atoms with Gasteiger partial charge < -0.3 is 10.1 Å². The van der Waals surface area contributed by atoms with Crippen LogP contribution in [-0.4, -0.2) is 38.6 Å². The second kappa shape index (κ2) is 8.58. The molecule has 0 amide bonds. The number of sulfonamides is 1. The highest BCUT2D eigenvalue weighted by atomic mass is 32.2. The van der Waals surface area contributed by atoms with E-state index in [1.165, 1.54) is 31.2 Å². The molecule has 2 aliphatic heterocycles. The number of nitro groups is 1. The number of nitrogens with one attached hydrogen (secondary N) is 2. The highest BCUT2D eigenvalue weighted by Gasteiger charge is 2.43. The Morgan fingerprint density at radius 1 is 1.24 bits per heavy atom. The van der Waals surface area contributed by atoms with E-state index in [9.17, 15) is 22.9 Å². The highest BCUT2D eigenvalue weighted by Crippen LogP contribution is 2.45. The molecule has 1 atom stereocenters. The van der Waals surface area contributed by atoms with Gasteiger partial charge in [0.1, 0.15) is 10.7 Å². The number of benzene rings is 2. The number of aryl methyl sites for hydroxylation is 1. The molecule has 0 spiro atoms. The van der Waals surface area contributed by atoms with Crippen LogP contribution in [0.3, 0.4) is 0 Å². The molecule has 10 heteroatoms. The number of rotatable bonds is 8. The molecule has 2 saturated carbocycles. The Kier molecular flexibility index (Phi) is 5.86. The first kappa shape index (κ1) is 23.2. The third-order valence-electron chi connectivity index (χ3n) is 7.67. The van der Waals surface area contributed by atoms with E-state index in [0.717, 1.165) is 37.7 Å². The van der Waals surface area contributed by atoms with Gasteiger partial charge in [0, 0.05) is 29.6 Å². The molecule has 2 aromatic rings. The zero-order valence-corrected chi connectivity index (χ0v) is 19.7. The van der Waals surface area contributed by atoms with Gasteiger partial charge in [-0.15, -0.1) is 0 Å². The molecule has 2 aliphatic carbocycles. The van der Waals surface area contributed by atoms with E-state index in [1.807, 2.05) is 6.07 Å². The van der Waals surface area contributed by atoms with Gasteiger partial charge in [0.05, 0.1) is 23.3 Å². The van der Waals surface area contributed by atoms with Crippen molar-refractivity contribution in [1.82, 2.24) is 4.72 Å². The van der Waals surface area contributed by atoms with Crippen LogP contribution in [0.5, 0.6) is 0 Å². The number of hydrogen-bond donors (Lipinski definition) is 2. The fourth-order valence-electron chi connectivity index (χ4n) is 5.32. The van der Waals surface area contributed by atoms with Gasteiger partial charge in [-0.05, 0) is 62.3 Å². The average Bonchev–Trinajstić information content (AvgIpc) is 2.72. The Morgan fingerprint density at radius 3 is 2.59 bits per heavy atom. The molecule has 1 unspecified atom stereocenters. The number of anilines is 1. The molecular formula is C24H28FN3O5S. The molecule has 0 radical (unpaired) electrons. The topological polar surface area (TPSA) is 111 Å². The minimum absolute atomic E-state index is 0.0224. The molecule has 2 bridgehead atoms. The second-order valence-electron chi connectivity index (χ2n) is 9.80. The van der Waals surface area contributed by atoms with Crippen LogP contribution in [-0.2, 0) is 20.2 Å². The Bertz CT molecular complexity index is 1220. The predicted octanol–water partition coefficient (Wildman–Crippen LogP) is 4.03. The van der Waals surface area contributed by atoms with E-state index in [0.29, 0.717) is 13.2 Å². The summed E-state index contributed by atoms with van der Waals surface area (Å²) >= 11 is 0. The summed E-state index contributed by atoms with van der Waals surface area (Å²) in [5, 5.41) is 14.8. The van der Waals surface area contributed by atoms with Gasteiger partial charge in [-0.25, -0.2) is 17.5 Å². The number of nitrogens with zero attached hydrogens (tertiary/aromatic N) is 1. The molecule has 34 heavy (non-hydrogen) atoms. The maximum Gasteiger partial charge on any atom is 0.274 e. The van der Waals surface area contributed by atoms with E-state index in [1.54, 1.807) is 6.07 Å². The molecule has 2 aromatic carbocycles. The molecule has 8 nitrogen and oxygen atoms in total. The van der Waals surface area contributed by atoms with Crippen LogP contribution in [0.25, 0.3) is 0 Å². The minimum Gasteiger partial charge on any atom is -0.383 e. The van der Waals surface area contributed by atoms with E-state index < -0.39 is 14.9 Å². The molecule has 182 valence electrons. The van der Waals surface area contributed by atoms with Crippen molar-refractivity contribution >= 4 is 21.4 Å². The van der Waals surface area contributed by atoms with Gasteiger partial charge in [-0.3, -0.25) is 10.1 Å². The van der Waals surface area contributed by atoms with Crippen LogP contribution in [0.2, 0.25) is 0 Å². The quantitative estimate of drug-likeness (QED) is 0.428. The molecule has 2 N–H and O–H groups in total. The first-order chi connectivity index (χ1) is 16.2. The van der Waals surface area contributed by atoms with Crippen molar-refractivity contribution in [2.24, 2.45) is 5.92 Å². The van der Waals surface area contributed by atoms with Crippen LogP contribution >= 0.6 is 0 Å². The molecule has 6 rings (SSSR count). The van der Waals surface area contributed by atoms with E-state index in [2.05, 4.69) is 10.0 Å². The lowest BCUT2D eigenvalue weighted by molar-refractivity contribution is -0.385. The molecular weight excluding hydrogens is 461 g/mol. The van der Waals surface area contributed by atoms with Crippen molar-refractivity contribution in [1.29, 1.82) is 0 Å². The van der Waals surface area contributed by atoms with Crippen LogP contribution in [0, 0.1) is 28.8 Å². The maximum atomic E-state index is 13.9. The predicted molar refractivity (Wildman–Crippen MR) is 125 cm³/mol. The van der Waals surface area contributed by atoms with Crippen molar-refractivity contribution < 1.29 is 22.5 Å². The Morgan fingerprint density at radius 2 is 2.00 bits per heavy atom. The summed E-state index contributed by atoms with van der Waals surface area (Å²) in [7, 11) is -3.97. The molecule has 0 aromatic heterocycles. The Balaban J connectivity index is 1.45. The fraction of sp³-hybridized carbons (Fsp3) is 0.500. The van der Waals surface area contributed by atoms with E-state index in [4.69, 9.17) is 4.74 Å². The number of halogens is 1. The summed E-state index contributed by atoms with van der Waals surface area (Å²) < 4.78 is 49.1. The third-order valence-corrected chi connectivity index (χ3v) is 9.20. The summed E-state index contributed by atoms with van der Waals surface area (Å²) in [6, 6.07) is 8.76. The monoisotopic (exact) mass is 489 g/mol. The standard InChI is InChI=1S/C24H28FN3O5S/c1-15-8-23(34(31,32)27-21-13-33-19-9-16(21)10-19)20(12-22(15)28(29)30)26-14-24(6-3-7-24)17-4-2-5-18(25)11-17/h2,4-5,8,11-12,16,19,21,26-27H,3,6-7,9-10,13-14H2,1H3. The lowest BCUT2D eigenvalue weighted by Gasteiger charge is -2.46. The normalized spacial score (nSPS) is 25.2. The molecule has 4 aliphatic rings. The van der Waals surface area contributed by atoms with Crippen LogP contribution < -0.4 is 10.0 Å². The van der Waals surface area contributed by atoms with Gasteiger partial charge >= 0.3 is 0 Å². The number of fused-ring (bicyclic) bond motifs is 2.